The van der Waals surface area contributed by atoms with Gasteiger partial charge in [-0.2, -0.15) is 8.42 Å². The summed E-state index contributed by atoms with van der Waals surface area (Å²) in [6.07, 6.45) is -0.249. The zero-order chi connectivity index (χ0) is 33.1. The number of methoxy groups -OCH3 is 1. The first-order valence-electron chi connectivity index (χ1n) is 13.6. The van der Waals surface area contributed by atoms with E-state index in [0.29, 0.717) is 16.3 Å². The molecule has 0 spiro atoms. The molecule has 3 rings (SSSR count). The fraction of sp³-hybridized carbons (Fsp3) is 0.414. The molecule has 2 amide bonds. The van der Waals surface area contributed by atoms with Gasteiger partial charge in [-0.05, 0) is 58.2 Å². The number of hydrogen-bond acceptors (Lipinski definition) is 9. The van der Waals surface area contributed by atoms with Crippen LogP contribution in [0.1, 0.15) is 62.0 Å². The molecule has 15 heteroatoms. The van der Waals surface area contributed by atoms with Crippen molar-refractivity contribution < 1.29 is 35.7 Å². The third kappa shape index (κ3) is 12.2. The lowest BCUT2D eigenvalue weighted by Gasteiger charge is -2.22. The molecular weight excluding hydrogens is 629 g/mol. The van der Waals surface area contributed by atoms with Crippen molar-refractivity contribution >= 4 is 49.2 Å². The SMILES string of the molecule is CC[C@H](NC(=O)OC)C(=O)N[C@@H](Cc1ccc(NS(=O)(=O)O)cc1)c1csc(CS(=O)(=O)C(C)(C)C)n1.Cc1ccccc1. The normalized spacial score (nSPS) is 13.1. The molecule has 0 saturated carbocycles. The van der Waals surface area contributed by atoms with Gasteiger partial charge in [-0.25, -0.2) is 18.2 Å². The monoisotopic (exact) mass is 668 g/mol. The van der Waals surface area contributed by atoms with Crippen LogP contribution in [-0.2, 0) is 41.8 Å². The summed E-state index contributed by atoms with van der Waals surface area (Å²) in [5.74, 6) is -0.737. The minimum absolute atomic E-state index is 0.142. The van der Waals surface area contributed by atoms with Crippen molar-refractivity contribution in [2.75, 3.05) is 11.8 Å². The molecule has 0 bridgehead atoms. The van der Waals surface area contributed by atoms with Crippen LogP contribution in [0, 0.1) is 6.92 Å². The number of nitrogens with zero attached hydrogens (tertiary/aromatic N) is 1. The Morgan fingerprint density at radius 3 is 2.09 bits per heavy atom. The number of alkyl carbamates (subject to hydrolysis) is 1. The zero-order valence-corrected chi connectivity index (χ0v) is 28.0. The maximum absolute atomic E-state index is 13.0. The molecule has 2 atom stereocenters. The second kappa shape index (κ2) is 16.0. The van der Waals surface area contributed by atoms with Crippen LogP contribution < -0.4 is 15.4 Å². The quantitative estimate of drug-likeness (QED) is 0.212. The van der Waals surface area contributed by atoms with Gasteiger partial charge < -0.3 is 15.4 Å². The summed E-state index contributed by atoms with van der Waals surface area (Å²) in [7, 11) is -6.72. The van der Waals surface area contributed by atoms with E-state index in [0.717, 1.165) is 11.3 Å². The summed E-state index contributed by atoms with van der Waals surface area (Å²) in [6.45, 7) is 8.63. The number of ether oxygens (including phenoxy) is 1. The molecule has 0 saturated heterocycles. The summed E-state index contributed by atoms with van der Waals surface area (Å²) in [4.78, 5) is 29.1. The number of sulfone groups is 1. The van der Waals surface area contributed by atoms with Crippen LogP contribution in [0.4, 0.5) is 10.5 Å². The molecule has 1 heterocycles. The average molecular weight is 669 g/mol. The number of anilines is 1. The topological polar surface area (TPSA) is 181 Å². The van der Waals surface area contributed by atoms with Crippen LogP contribution >= 0.6 is 11.3 Å². The number of aromatic nitrogens is 1. The van der Waals surface area contributed by atoms with Gasteiger partial charge in [-0.3, -0.25) is 14.1 Å². The van der Waals surface area contributed by atoms with Gasteiger partial charge in [0.15, 0.2) is 9.84 Å². The Morgan fingerprint density at radius 1 is 1.00 bits per heavy atom. The molecular formula is C29H40N4O8S3. The standard InChI is InChI=1S/C22H32N4O8S3.C7H8/c1-6-16(25-21(28)34-5)20(27)24-17(11-14-7-9-15(10-8-14)26-37(31,32)33)18-12-35-19(23-18)13-36(29,30)22(2,3)4;1-7-5-3-2-4-6-7/h7-10,12,16-17,26H,6,11,13H2,1-5H3,(H,24,27)(H,25,28)(H,31,32,33);2-6H,1H3/t16-,17-;/m0./s1. The average Bonchev–Trinajstić information content (AvgIpc) is 3.39. The molecule has 0 radical (unpaired) electrons. The van der Waals surface area contributed by atoms with Crippen LogP contribution in [0.25, 0.3) is 0 Å². The Morgan fingerprint density at radius 2 is 1.61 bits per heavy atom. The molecule has 0 aliphatic carbocycles. The smallest absolute Gasteiger partial charge is 0.407 e. The summed E-state index contributed by atoms with van der Waals surface area (Å²) in [5, 5.41) is 7.36. The fourth-order valence-corrected chi connectivity index (χ4v) is 6.24. The van der Waals surface area contributed by atoms with Crippen molar-refractivity contribution in [3.05, 3.63) is 81.8 Å². The predicted octanol–water partition coefficient (Wildman–Crippen LogP) is 4.60. The minimum Gasteiger partial charge on any atom is -0.453 e. The molecule has 4 N–H and O–H groups in total. The van der Waals surface area contributed by atoms with E-state index in [-0.39, 0.29) is 24.3 Å². The summed E-state index contributed by atoms with van der Waals surface area (Å²) in [5.41, 5.74) is 2.59. The number of benzene rings is 2. The van der Waals surface area contributed by atoms with Crippen molar-refractivity contribution in [3.8, 4) is 0 Å². The Balaban J connectivity index is 0.000000843. The van der Waals surface area contributed by atoms with E-state index in [1.807, 2.05) is 22.9 Å². The third-order valence-electron chi connectivity index (χ3n) is 6.27. The molecule has 1 aromatic heterocycles. The minimum atomic E-state index is -4.43. The van der Waals surface area contributed by atoms with Crippen LogP contribution in [0.5, 0.6) is 0 Å². The van der Waals surface area contributed by atoms with E-state index in [1.165, 1.54) is 24.8 Å². The highest BCUT2D eigenvalue weighted by atomic mass is 32.2. The van der Waals surface area contributed by atoms with Crippen molar-refractivity contribution in [3.63, 3.8) is 0 Å². The highest BCUT2D eigenvalue weighted by molar-refractivity contribution is 7.92. The molecule has 0 fully saturated rings. The Bertz CT molecular complexity index is 1590. The van der Waals surface area contributed by atoms with Crippen molar-refractivity contribution in [2.45, 2.75) is 70.0 Å². The van der Waals surface area contributed by atoms with E-state index in [2.05, 4.69) is 39.4 Å². The first-order valence-corrected chi connectivity index (χ1v) is 17.6. The lowest BCUT2D eigenvalue weighted by molar-refractivity contribution is -0.123. The Labute approximate surface area is 263 Å². The Hall–Kier alpha value is -3.53. The lowest BCUT2D eigenvalue weighted by Crippen LogP contribution is -2.47. The number of rotatable bonds is 11. The molecule has 0 unspecified atom stereocenters. The van der Waals surface area contributed by atoms with Gasteiger partial charge in [0, 0.05) is 5.38 Å². The van der Waals surface area contributed by atoms with Crippen LogP contribution in [0.3, 0.4) is 0 Å². The van der Waals surface area contributed by atoms with Crippen molar-refractivity contribution in [1.29, 1.82) is 0 Å². The van der Waals surface area contributed by atoms with Crippen LogP contribution in [-0.4, -0.2) is 56.3 Å². The molecule has 3 aromatic rings. The largest absolute Gasteiger partial charge is 0.453 e. The van der Waals surface area contributed by atoms with E-state index < -0.39 is 49.0 Å². The zero-order valence-electron chi connectivity index (χ0n) is 25.5. The summed E-state index contributed by atoms with van der Waals surface area (Å²) < 4.78 is 61.9. The first kappa shape index (κ1) is 36.7. The number of nitrogens with one attached hydrogen (secondary N) is 3. The predicted molar refractivity (Wildman–Crippen MR) is 171 cm³/mol. The molecule has 44 heavy (non-hydrogen) atoms. The number of amides is 2. The molecule has 12 nitrogen and oxygen atoms in total. The molecule has 0 aliphatic rings. The van der Waals surface area contributed by atoms with Crippen molar-refractivity contribution in [2.24, 2.45) is 0 Å². The first-order chi connectivity index (χ1) is 20.4. The maximum atomic E-state index is 13.0. The number of thiazole rings is 1. The van der Waals surface area contributed by atoms with Gasteiger partial charge in [-0.1, -0.05) is 55.0 Å². The van der Waals surface area contributed by atoms with E-state index in [1.54, 1.807) is 45.2 Å². The Kier molecular flexibility index (Phi) is 13.3. The van der Waals surface area contributed by atoms with Gasteiger partial charge in [0.2, 0.25) is 5.91 Å². The van der Waals surface area contributed by atoms with Gasteiger partial charge in [0.1, 0.15) is 16.8 Å². The second-order valence-electron chi connectivity index (χ2n) is 10.8. The van der Waals surface area contributed by atoms with Crippen LogP contribution in [0.2, 0.25) is 0 Å². The third-order valence-corrected chi connectivity index (χ3v) is 10.3. The van der Waals surface area contributed by atoms with Crippen molar-refractivity contribution in [1.82, 2.24) is 15.6 Å². The number of carbonyl (C=O) groups excluding carboxylic acids is 2. The lowest BCUT2D eigenvalue weighted by atomic mass is 10.0. The number of carbonyl (C=O) groups is 2. The van der Waals surface area contributed by atoms with Crippen LogP contribution in [0.15, 0.2) is 60.0 Å². The van der Waals surface area contributed by atoms with Gasteiger partial charge in [-0.15, -0.1) is 11.3 Å². The van der Waals surface area contributed by atoms with Gasteiger partial charge in [0.05, 0.1) is 29.3 Å². The fourth-order valence-electron chi connectivity index (χ4n) is 3.61. The highest BCUT2D eigenvalue weighted by Crippen LogP contribution is 2.26. The van der Waals surface area contributed by atoms with E-state index in [4.69, 9.17) is 4.55 Å². The number of aryl methyl sites for hydroxylation is 1. The van der Waals surface area contributed by atoms with Gasteiger partial charge >= 0.3 is 16.4 Å². The molecule has 0 aliphatic heterocycles. The summed E-state index contributed by atoms with van der Waals surface area (Å²) >= 11 is 1.16. The van der Waals surface area contributed by atoms with E-state index in [9.17, 15) is 26.4 Å². The number of hydrogen-bond donors (Lipinski definition) is 4. The van der Waals surface area contributed by atoms with E-state index >= 15 is 0 Å². The van der Waals surface area contributed by atoms with Gasteiger partial charge in [0.25, 0.3) is 0 Å². The molecule has 242 valence electrons. The summed E-state index contributed by atoms with van der Waals surface area (Å²) in [6, 6.07) is 14.8. The molecule has 2 aromatic carbocycles. The second-order valence-corrected chi connectivity index (χ2v) is 15.7. The maximum Gasteiger partial charge on any atom is 0.407 e. The highest BCUT2D eigenvalue weighted by Gasteiger charge is 2.31.